The van der Waals surface area contributed by atoms with Gasteiger partial charge in [-0.05, 0) is 35.9 Å². The Hall–Kier alpha value is -2.03. The van der Waals surface area contributed by atoms with E-state index in [-0.39, 0.29) is 5.91 Å². The summed E-state index contributed by atoms with van der Waals surface area (Å²) in [6.07, 6.45) is 3.75. The predicted octanol–water partition coefficient (Wildman–Crippen LogP) is 3.77. The summed E-state index contributed by atoms with van der Waals surface area (Å²) in [5.74, 6) is 0.330. The molecule has 2 aromatic rings. The number of hydrogen-bond acceptors (Lipinski definition) is 4. The normalized spacial score (nSPS) is 10.1. The first-order valence-electron chi connectivity index (χ1n) is 7.11. The Bertz CT molecular complexity index is 670. The quantitative estimate of drug-likeness (QED) is 0.717. The summed E-state index contributed by atoms with van der Waals surface area (Å²) in [6, 6.07) is 13.2. The molecule has 4 nitrogen and oxygen atoms in total. The molecule has 0 atom stereocenters. The molecular formula is C17H16ClN3OS. The van der Waals surface area contributed by atoms with Gasteiger partial charge in [0.25, 0.3) is 0 Å². The highest BCUT2D eigenvalue weighted by molar-refractivity contribution is 8.00. The van der Waals surface area contributed by atoms with Crippen molar-refractivity contribution in [2.24, 2.45) is 0 Å². The molecule has 0 radical (unpaired) electrons. The summed E-state index contributed by atoms with van der Waals surface area (Å²) >= 11 is 7.31. The number of hydrogen-bond donors (Lipinski definition) is 0. The van der Waals surface area contributed by atoms with E-state index in [4.69, 9.17) is 16.9 Å². The molecule has 2 rings (SSSR count). The van der Waals surface area contributed by atoms with Crippen LogP contribution in [0.1, 0.15) is 12.0 Å². The second-order valence-corrected chi connectivity index (χ2v) is 6.31. The standard InChI is InChI=1S/C17H16ClN3OS/c18-15-4-6-16(7-5-15)23-13-17(22)21(10-2-8-19)12-14-3-1-9-20-11-14/h1,3-7,9,11H,2,10,12-13H2. The van der Waals surface area contributed by atoms with Gasteiger partial charge in [-0.2, -0.15) is 5.26 Å². The number of thioether (sulfide) groups is 1. The van der Waals surface area contributed by atoms with E-state index in [1.54, 1.807) is 29.4 Å². The van der Waals surface area contributed by atoms with Gasteiger partial charge < -0.3 is 4.90 Å². The summed E-state index contributed by atoms with van der Waals surface area (Å²) in [4.78, 5) is 19.2. The van der Waals surface area contributed by atoms with Gasteiger partial charge in [-0.1, -0.05) is 17.7 Å². The van der Waals surface area contributed by atoms with Crippen LogP contribution >= 0.6 is 23.4 Å². The van der Waals surface area contributed by atoms with Crippen LogP contribution in [0, 0.1) is 11.3 Å². The third kappa shape index (κ3) is 5.93. The number of amides is 1. The number of carbonyl (C=O) groups excluding carboxylic acids is 1. The maximum Gasteiger partial charge on any atom is 0.233 e. The Labute approximate surface area is 145 Å². The Morgan fingerprint density at radius 2 is 2.09 bits per heavy atom. The van der Waals surface area contributed by atoms with Crippen LogP contribution in [0.2, 0.25) is 5.02 Å². The number of nitriles is 1. The Morgan fingerprint density at radius 3 is 2.74 bits per heavy atom. The van der Waals surface area contributed by atoms with E-state index >= 15 is 0 Å². The van der Waals surface area contributed by atoms with Crippen LogP contribution in [0.3, 0.4) is 0 Å². The highest BCUT2D eigenvalue weighted by Crippen LogP contribution is 2.21. The molecule has 118 valence electrons. The van der Waals surface area contributed by atoms with E-state index in [0.717, 1.165) is 10.5 Å². The van der Waals surface area contributed by atoms with Crippen molar-refractivity contribution in [2.45, 2.75) is 17.9 Å². The van der Waals surface area contributed by atoms with Gasteiger partial charge in [0.15, 0.2) is 0 Å². The lowest BCUT2D eigenvalue weighted by atomic mass is 10.2. The van der Waals surface area contributed by atoms with Crippen molar-refractivity contribution in [1.82, 2.24) is 9.88 Å². The van der Waals surface area contributed by atoms with Crippen LogP contribution in [0.25, 0.3) is 0 Å². The molecule has 0 bridgehead atoms. The summed E-state index contributed by atoms with van der Waals surface area (Å²) in [7, 11) is 0. The average molecular weight is 346 g/mol. The zero-order valence-electron chi connectivity index (χ0n) is 12.5. The summed E-state index contributed by atoms with van der Waals surface area (Å²) in [5.41, 5.74) is 0.954. The monoisotopic (exact) mass is 345 g/mol. The van der Waals surface area contributed by atoms with Gasteiger partial charge in [-0.15, -0.1) is 11.8 Å². The molecule has 0 fully saturated rings. The minimum atomic E-state index is 0.00375. The van der Waals surface area contributed by atoms with Crippen LogP contribution in [0.4, 0.5) is 0 Å². The molecule has 6 heteroatoms. The fraction of sp³-hybridized carbons (Fsp3) is 0.235. The van der Waals surface area contributed by atoms with Crippen LogP contribution in [-0.2, 0) is 11.3 Å². The van der Waals surface area contributed by atoms with Gasteiger partial charge in [-0.3, -0.25) is 9.78 Å². The lowest BCUT2D eigenvalue weighted by Crippen LogP contribution is -2.32. The van der Waals surface area contributed by atoms with Crippen LogP contribution in [0.15, 0.2) is 53.7 Å². The minimum absolute atomic E-state index is 0.00375. The second-order valence-electron chi connectivity index (χ2n) is 4.83. The van der Waals surface area contributed by atoms with E-state index in [0.29, 0.717) is 30.3 Å². The molecule has 0 aliphatic carbocycles. The van der Waals surface area contributed by atoms with E-state index < -0.39 is 0 Å². The first-order chi connectivity index (χ1) is 11.2. The van der Waals surface area contributed by atoms with Crippen molar-refractivity contribution >= 4 is 29.3 Å². The van der Waals surface area contributed by atoms with Crippen LogP contribution in [-0.4, -0.2) is 28.1 Å². The highest BCUT2D eigenvalue weighted by atomic mass is 35.5. The predicted molar refractivity (Wildman–Crippen MR) is 92.1 cm³/mol. The maximum atomic E-state index is 12.4. The Balaban J connectivity index is 1.95. The largest absolute Gasteiger partial charge is 0.337 e. The van der Waals surface area contributed by atoms with Gasteiger partial charge >= 0.3 is 0 Å². The zero-order chi connectivity index (χ0) is 16.5. The van der Waals surface area contributed by atoms with E-state index in [1.807, 2.05) is 24.3 Å². The fourth-order valence-electron chi connectivity index (χ4n) is 1.96. The van der Waals surface area contributed by atoms with Crippen molar-refractivity contribution < 1.29 is 4.79 Å². The number of benzene rings is 1. The van der Waals surface area contributed by atoms with Crippen molar-refractivity contribution in [3.8, 4) is 6.07 Å². The van der Waals surface area contributed by atoms with E-state index in [9.17, 15) is 4.79 Å². The number of rotatable bonds is 7. The average Bonchev–Trinajstić information content (AvgIpc) is 2.58. The van der Waals surface area contributed by atoms with Crippen molar-refractivity contribution in [3.63, 3.8) is 0 Å². The first-order valence-corrected chi connectivity index (χ1v) is 8.47. The Kier molecular flexibility index (Phi) is 6.92. The Morgan fingerprint density at radius 1 is 1.30 bits per heavy atom. The van der Waals surface area contributed by atoms with E-state index in [1.165, 1.54) is 11.8 Å². The number of aromatic nitrogens is 1. The zero-order valence-corrected chi connectivity index (χ0v) is 14.1. The van der Waals surface area contributed by atoms with Crippen molar-refractivity contribution in [2.75, 3.05) is 12.3 Å². The topological polar surface area (TPSA) is 57.0 Å². The first kappa shape index (κ1) is 17.3. The van der Waals surface area contributed by atoms with Gasteiger partial charge in [0.1, 0.15) is 0 Å². The van der Waals surface area contributed by atoms with Crippen molar-refractivity contribution in [1.29, 1.82) is 5.26 Å². The molecule has 0 saturated carbocycles. The number of halogens is 1. The van der Waals surface area contributed by atoms with Crippen LogP contribution in [0.5, 0.6) is 0 Å². The molecule has 0 aliphatic rings. The molecule has 23 heavy (non-hydrogen) atoms. The van der Waals surface area contributed by atoms with E-state index in [2.05, 4.69) is 11.1 Å². The van der Waals surface area contributed by atoms with Gasteiger partial charge in [-0.25, -0.2) is 0 Å². The lowest BCUT2D eigenvalue weighted by Gasteiger charge is -2.21. The third-order valence-electron chi connectivity index (χ3n) is 3.12. The minimum Gasteiger partial charge on any atom is -0.337 e. The summed E-state index contributed by atoms with van der Waals surface area (Å²) in [6.45, 7) is 0.890. The summed E-state index contributed by atoms with van der Waals surface area (Å²) < 4.78 is 0. The molecule has 1 heterocycles. The molecule has 1 aromatic heterocycles. The van der Waals surface area contributed by atoms with Crippen molar-refractivity contribution in [3.05, 3.63) is 59.4 Å². The number of pyridine rings is 1. The number of carbonyl (C=O) groups is 1. The molecule has 0 unspecified atom stereocenters. The van der Waals surface area contributed by atoms with Crippen LogP contribution < -0.4 is 0 Å². The lowest BCUT2D eigenvalue weighted by molar-refractivity contribution is -0.128. The third-order valence-corrected chi connectivity index (χ3v) is 4.37. The molecule has 1 aromatic carbocycles. The van der Waals surface area contributed by atoms with Gasteiger partial charge in [0.05, 0.1) is 18.2 Å². The molecular weight excluding hydrogens is 330 g/mol. The highest BCUT2D eigenvalue weighted by Gasteiger charge is 2.14. The smallest absolute Gasteiger partial charge is 0.233 e. The summed E-state index contributed by atoms with van der Waals surface area (Å²) in [5, 5.41) is 9.45. The SMILES string of the molecule is N#CCCN(Cc1cccnc1)C(=O)CSc1ccc(Cl)cc1. The molecule has 1 amide bonds. The number of nitrogens with zero attached hydrogens (tertiary/aromatic N) is 3. The molecule has 0 N–H and O–H groups in total. The maximum absolute atomic E-state index is 12.4. The molecule has 0 saturated heterocycles. The second kappa shape index (κ2) is 9.19. The van der Waals surface area contributed by atoms with Gasteiger partial charge in [0, 0.05) is 35.4 Å². The molecule has 0 aliphatic heterocycles. The fourth-order valence-corrected chi connectivity index (χ4v) is 2.88. The molecule has 0 spiro atoms. The van der Waals surface area contributed by atoms with Gasteiger partial charge in [0.2, 0.25) is 5.91 Å².